The second kappa shape index (κ2) is 9.01. The zero-order chi connectivity index (χ0) is 22.0. The van der Waals surface area contributed by atoms with Crippen molar-refractivity contribution in [1.29, 1.82) is 0 Å². The average Bonchev–Trinajstić information content (AvgIpc) is 3.17. The van der Waals surface area contributed by atoms with Crippen LogP contribution in [0.4, 0.5) is 5.69 Å². The van der Waals surface area contributed by atoms with Gasteiger partial charge in [-0.3, -0.25) is 10.1 Å². The predicted molar refractivity (Wildman–Crippen MR) is 131 cm³/mol. The van der Waals surface area contributed by atoms with Crippen LogP contribution in [0, 0.1) is 6.92 Å². The molecule has 0 aliphatic carbocycles. The molecule has 8 heteroatoms. The van der Waals surface area contributed by atoms with E-state index in [1.807, 2.05) is 30.3 Å². The number of hydrogen-bond acceptors (Lipinski definition) is 5. The molecule has 31 heavy (non-hydrogen) atoms. The molecule has 0 radical (unpaired) electrons. The Morgan fingerprint density at radius 1 is 1.10 bits per heavy atom. The fourth-order valence-corrected chi connectivity index (χ4v) is 4.49. The Balaban J connectivity index is 1.44. The number of anilines is 1. The van der Waals surface area contributed by atoms with E-state index >= 15 is 0 Å². The summed E-state index contributed by atoms with van der Waals surface area (Å²) in [4.78, 5) is 17.2. The Morgan fingerprint density at radius 3 is 2.61 bits per heavy atom. The summed E-state index contributed by atoms with van der Waals surface area (Å²) in [5, 5.41) is 7.23. The summed E-state index contributed by atoms with van der Waals surface area (Å²) < 4.78 is 6.38. The monoisotopic (exact) mass is 467 g/mol. The first-order chi connectivity index (χ1) is 14.9. The summed E-state index contributed by atoms with van der Waals surface area (Å²) in [7, 11) is 1.49. The van der Waals surface area contributed by atoms with Crippen LogP contribution in [0.3, 0.4) is 0 Å². The number of aromatic nitrogens is 1. The Labute approximate surface area is 194 Å². The first-order valence-corrected chi connectivity index (χ1v) is 11.0. The number of nitrogens with zero attached hydrogens (tertiary/aromatic N) is 1. The zero-order valence-electron chi connectivity index (χ0n) is 16.7. The average molecular weight is 468 g/mol. The maximum Gasteiger partial charge on any atom is 0.261 e. The standard InChI is InChI=1S/C23H18ClN3O2S2/c1-13-3-9-18-20(11-13)31-22(26-18)14-4-7-16(8-5-14)25-23(30)27-21(28)17-12-15(24)6-10-19(17)29-2/h3-12H,1-2H3,(H2,25,27,28,30). The first-order valence-electron chi connectivity index (χ1n) is 9.36. The number of halogens is 1. The van der Waals surface area contributed by atoms with Crippen LogP contribution in [0.25, 0.3) is 20.8 Å². The van der Waals surface area contributed by atoms with Gasteiger partial charge in [-0.1, -0.05) is 17.7 Å². The number of rotatable bonds is 4. The lowest BCUT2D eigenvalue weighted by Gasteiger charge is -2.12. The Hall–Kier alpha value is -3.00. The molecule has 1 aromatic heterocycles. The number of nitrogens with one attached hydrogen (secondary N) is 2. The van der Waals surface area contributed by atoms with E-state index in [0.717, 1.165) is 26.5 Å². The smallest absolute Gasteiger partial charge is 0.261 e. The van der Waals surface area contributed by atoms with Crippen molar-refractivity contribution in [3.8, 4) is 16.3 Å². The highest BCUT2D eigenvalue weighted by molar-refractivity contribution is 7.80. The number of benzene rings is 3. The predicted octanol–water partition coefficient (Wildman–Crippen LogP) is 6.06. The first kappa shape index (κ1) is 21.2. The van der Waals surface area contributed by atoms with E-state index in [0.29, 0.717) is 16.3 Å². The van der Waals surface area contributed by atoms with E-state index in [1.54, 1.807) is 23.5 Å². The molecule has 1 heterocycles. The van der Waals surface area contributed by atoms with Gasteiger partial charge in [-0.05, 0) is 79.3 Å². The maximum absolute atomic E-state index is 12.5. The molecule has 1 amide bonds. The normalized spacial score (nSPS) is 10.7. The van der Waals surface area contributed by atoms with Gasteiger partial charge in [0.25, 0.3) is 5.91 Å². The number of carbonyl (C=O) groups is 1. The Kier molecular flexibility index (Phi) is 6.18. The van der Waals surface area contributed by atoms with E-state index in [1.165, 1.54) is 18.7 Å². The topological polar surface area (TPSA) is 63.2 Å². The van der Waals surface area contributed by atoms with Crippen molar-refractivity contribution in [2.24, 2.45) is 0 Å². The number of amides is 1. The lowest BCUT2D eigenvalue weighted by Crippen LogP contribution is -2.34. The van der Waals surface area contributed by atoms with E-state index < -0.39 is 5.91 Å². The third-order valence-electron chi connectivity index (χ3n) is 4.57. The molecule has 3 aromatic carbocycles. The minimum atomic E-state index is -0.404. The SMILES string of the molecule is COc1ccc(Cl)cc1C(=O)NC(=S)Nc1ccc(-c2nc3ccc(C)cc3s2)cc1. The molecule has 5 nitrogen and oxygen atoms in total. The van der Waals surface area contributed by atoms with Crippen LogP contribution in [-0.4, -0.2) is 23.1 Å². The number of hydrogen-bond donors (Lipinski definition) is 2. The molecule has 0 saturated carbocycles. The van der Waals surface area contributed by atoms with E-state index in [2.05, 4.69) is 29.7 Å². The molecule has 0 saturated heterocycles. The quantitative estimate of drug-likeness (QED) is 0.357. The van der Waals surface area contributed by atoms with Crippen LogP contribution in [0.1, 0.15) is 15.9 Å². The number of carbonyl (C=O) groups excluding carboxylic acids is 1. The third-order valence-corrected chi connectivity index (χ3v) is 6.07. The molecule has 2 N–H and O–H groups in total. The summed E-state index contributed by atoms with van der Waals surface area (Å²) in [6, 6.07) is 18.8. The molecule has 0 unspecified atom stereocenters. The van der Waals surface area contributed by atoms with Crippen molar-refractivity contribution in [3.63, 3.8) is 0 Å². The molecule has 4 rings (SSSR count). The van der Waals surface area contributed by atoms with E-state index in [-0.39, 0.29) is 5.11 Å². The molecule has 156 valence electrons. The molecule has 0 atom stereocenters. The van der Waals surface area contributed by atoms with Gasteiger partial charge >= 0.3 is 0 Å². The highest BCUT2D eigenvalue weighted by atomic mass is 35.5. The van der Waals surface area contributed by atoms with Crippen molar-refractivity contribution >= 4 is 62.1 Å². The van der Waals surface area contributed by atoms with Crippen molar-refractivity contribution in [2.45, 2.75) is 6.92 Å². The number of ether oxygens (including phenoxy) is 1. The van der Waals surface area contributed by atoms with Gasteiger partial charge in [0.1, 0.15) is 10.8 Å². The highest BCUT2D eigenvalue weighted by Crippen LogP contribution is 2.31. The van der Waals surface area contributed by atoms with E-state index in [4.69, 9.17) is 33.5 Å². The molecule has 0 aliphatic heterocycles. The van der Waals surface area contributed by atoms with Crippen molar-refractivity contribution < 1.29 is 9.53 Å². The molecule has 0 aliphatic rings. The number of methoxy groups -OCH3 is 1. The summed E-state index contributed by atoms with van der Waals surface area (Å²) in [6.45, 7) is 2.07. The number of fused-ring (bicyclic) bond motifs is 1. The second-order valence-corrected chi connectivity index (χ2v) is 8.70. The lowest BCUT2D eigenvalue weighted by atomic mass is 10.2. The molecule has 0 fully saturated rings. The summed E-state index contributed by atoms with van der Waals surface area (Å²) in [5.74, 6) is 0.0123. The van der Waals surface area contributed by atoms with Gasteiger partial charge in [-0.25, -0.2) is 4.98 Å². The van der Waals surface area contributed by atoms with Gasteiger partial charge in [0, 0.05) is 16.3 Å². The largest absolute Gasteiger partial charge is 0.496 e. The number of thiazole rings is 1. The molecule has 0 spiro atoms. The van der Waals surface area contributed by atoms with Gasteiger partial charge in [-0.2, -0.15) is 0 Å². The van der Waals surface area contributed by atoms with E-state index in [9.17, 15) is 4.79 Å². The second-order valence-electron chi connectivity index (χ2n) is 6.82. The minimum Gasteiger partial charge on any atom is -0.496 e. The van der Waals surface area contributed by atoms with Gasteiger partial charge < -0.3 is 10.1 Å². The van der Waals surface area contributed by atoms with Gasteiger partial charge in [0.2, 0.25) is 0 Å². The summed E-state index contributed by atoms with van der Waals surface area (Å²) in [5.41, 5.74) is 4.29. The van der Waals surface area contributed by atoms with Crippen LogP contribution in [-0.2, 0) is 0 Å². The van der Waals surface area contributed by atoms with Gasteiger partial charge in [-0.15, -0.1) is 11.3 Å². The highest BCUT2D eigenvalue weighted by Gasteiger charge is 2.14. The third kappa shape index (κ3) is 4.85. The fourth-order valence-electron chi connectivity index (χ4n) is 3.04. The maximum atomic E-state index is 12.5. The van der Waals surface area contributed by atoms with Gasteiger partial charge in [0.15, 0.2) is 5.11 Å². The van der Waals surface area contributed by atoms with Crippen LogP contribution in [0.15, 0.2) is 60.7 Å². The van der Waals surface area contributed by atoms with Crippen molar-refractivity contribution in [1.82, 2.24) is 10.3 Å². The van der Waals surface area contributed by atoms with Crippen molar-refractivity contribution in [3.05, 3.63) is 76.8 Å². The summed E-state index contributed by atoms with van der Waals surface area (Å²) in [6.07, 6.45) is 0. The summed E-state index contributed by atoms with van der Waals surface area (Å²) >= 11 is 12.9. The lowest BCUT2D eigenvalue weighted by molar-refractivity contribution is 0.0975. The van der Waals surface area contributed by atoms with Crippen LogP contribution < -0.4 is 15.4 Å². The molecular formula is C23H18ClN3O2S2. The number of thiocarbonyl (C=S) groups is 1. The van der Waals surface area contributed by atoms with Crippen LogP contribution in [0.5, 0.6) is 5.75 Å². The van der Waals surface area contributed by atoms with Crippen LogP contribution >= 0.6 is 35.2 Å². The molecular weight excluding hydrogens is 450 g/mol. The Bertz CT molecular complexity index is 1290. The van der Waals surface area contributed by atoms with Crippen molar-refractivity contribution in [2.75, 3.05) is 12.4 Å². The van der Waals surface area contributed by atoms with Crippen LogP contribution in [0.2, 0.25) is 5.02 Å². The van der Waals surface area contributed by atoms with Gasteiger partial charge in [0.05, 0.1) is 22.9 Å². The fraction of sp³-hybridized carbons (Fsp3) is 0.0870. The Morgan fingerprint density at radius 2 is 1.87 bits per heavy atom. The molecule has 4 aromatic rings. The molecule has 0 bridgehead atoms. The zero-order valence-corrected chi connectivity index (χ0v) is 19.1. The number of aryl methyl sites for hydroxylation is 1. The minimum absolute atomic E-state index is 0.176.